The summed E-state index contributed by atoms with van der Waals surface area (Å²) in [4.78, 5) is 10.7. The smallest absolute Gasteiger partial charge is 0.194 e. The highest BCUT2D eigenvalue weighted by atomic mass is 127. The molecule has 1 atom stereocenters. The normalized spacial score (nSPS) is 18.0. The summed E-state index contributed by atoms with van der Waals surface area (Å²) in [5, 5.41) is 8.08. The number of halogens is 2. The molecule has 1 saturated heterocycles. The average Bonchev–Trinajstić information content (AvgIpc) is 3.04. The van der Waals surface area contributed by atoms with Crippen molar-refractivity contribution in [2.45, 2.75) is 12.6 Å². The number of nitrogens with zero attached hydrogens (tertiary/aromatic N) is 5. The van der Waals surface area contributed by atoms with Crippen molar-refractivity contribution in [2.75, 3.05) is 26.7 Å². The van der Waals surface area contributed by atoms with Gasteiger partial charge in [0.2, 0.25) is 0 Å². The zero-order valence-electron chi connectivity index (χ0n) is 14.2. The van der Waals surface area contributed by atoms with Crippen LogP contribution in [0.1, 0.15) is 17.2 Å². The first kappa shape index (κ1) is 19.9. The fourth-order valence-corrected chi connectivity index (χ4v) is 2.79. The Hall–Kier alpha value is -1.39. The predicted octanol–water partition coefficient (Wildman–Crippen LogP) is 2.24. The van der Waals surface area contributed by atoms with Crippen LogP contribution in [0.15, 0.2) is 35.7 Å². The van der Waals surface area contributed by atoms with Crippen molar-refractivity contribution >= 4 is 41.5 Å². The molecule has 0 bridgehead atoms. The summed E-state index contributed by atoms with van der Waals surface area (Å²) in [7, 11) is 3.70. The van der Waals surface area contributed by atoms with Gasteiger partial charge >= 0.3 is 0 Å². The van der Waals surface area contributed by atoms with Gasteiger partial charge in [0.15, 0.2) is 5.96 Å². The maximum absolute atomic E-state index is 5.88. The number of ether oxygens (including phenoxy) is 1. The van der Waals surface area contributed by atoms with E-state index in [0.29, 0.717) is 18.3 Å². The number of guanidine groups is 1. The molecule has 0 amide bonds. The van der Waals surface area contributed by atoms with Crippen molar-refractivity contribution < 1.29 is 4.74 Å². The first-order valence-electron chi connectivity index (χ1n) is 7.82. The molecule has 2 aromatic heterocycles. The summed E-state index contributed by atoms with van der Waals surface area (Å²) in [6.07, 6.45) is 5.61. The van der Waals surface area contributed by atoms with Crippen LogP contribution in [0.2, 0.25) is 5.15 Å². The molecule has 0 saturated carbocycles. The van der Waals surface area contributed by atoms with E-state index in [1.165, 1.54) is 0 Å². The molecule has 7 nitrogen and oxygen atoms in total. The van der Waals surface area contributed by atoms with Crippen molar-refractivity contribution in [3.63, 3.8) is 0 Å². The van der Waals surface area contributed by atoms with Gasteiger partial charge in [-0.1, -0.05) is 17.7 Å². The molecule has 1 fully saturated rings. The highest BCUT2D eigenvalue weighted by Gasteiger charge is 2.25. The minimum Gasteiger partial charge on any atom is -0.370 e. The van der Waals surface area contributed by atoms with Crippen LogP contribution in [0.4, 0.5) is 0 Å². The van der Waals surface area contributed by atoms with Crippen LogP contribution >= 0.6 is 35.6 Å². The van der Waals surface area contributed by atoms with Crippen LogP contribution in [0.3, 0.4) is 0 Å². The molecule has 136 valence electrons. The maximum Gasteiger partial charge on any atom is 0.194 e. The molecule has 25 heavy (non-hydrogen) atoms. The largest absolute Gasteiger partial charge is 0.370 e. The second-order valence-electron chi connectivity index (χ2n) is 5.64. The SMILES string of the molecule is CN=C(NCc1ccc(Cl)nc1)N1CCOC(c2cnn(C)c2)C1.I. The van der Waals surface area contributed by atoms with Crippen LogP contribution in [0.25, 0.3) is 0 Å². The van der Waals surface area contributed by atoms with Crippen molar-refractivity contribution in [1.82, 2.24) is 25.0 Å². The minimum atomic E-state index is 0. The number of aryl methyl sites for hydroxylation is 1. The molecule has 1 N–H and O–H groups in total. The van der Waals surface area contributed by atoms with E-state index in [4.69, 9.17) is 16.3 Å². The van der Waals surface area contributed by atoms with Gasteiger partial charge in [-0.15, -0.1) is 24.0 Å². The zero-order chi connectivity index (χ0) is 16.9. The Bertz CT molecular complexity index is 705. The fourth-order valence-electron chi connectivity index (χ4n) is 2.67. The van der Waals surface area contributed by atoms with Gasteiger partial charge in [-0.3, -0.25) is 9.67 Å². The molecule has 9 heteroatoms. The zero-order valence-corrected chi connectivity index (χ0v) is 17.3. The van der Waals surface area contributed by atoms with E-state index >= 15 is 0 Å². The van der Waals surface area contributed by atoms with Gasteiger partial charge in [-0.2, -0.15) is 5.10 Å². The number of pyridine rings is 1. The molecule has 1 unspecified atom stereocenters. The van der Waals surface area contributed by atoms with E-state index in [2.05, 4.69) is 25.3 Å². The summed E-state index contributed by atoms with van der Waals surface area (Å²) in [6, 6.07) is 3.74. The number of nitrogens with one attached hydrogen (secondary N) is 1. The number of hydrogen-bond acceptors (Lipinski definition) is 4. The minimum absolute atomic E-state index is 0. The summed E-state index contributed by atoms with van der Waals surface area (Å²) in [6.45, 7) is 2.84. The van der Waals surface area contributed by atoms with Crippen molar-refractivity contribution in [3.05, 3.63) is 47.0 Å². The first-order valence-corrected chi connectivity index (χ1v) is 8.19. The lowest BCUT2D eigenvalue weighted by atomic mass is 10.1. The number of rotatable bonds is 3. The second-order valence-corrected chi connectivity index (χ2v) is 6.03. The lowest BCUT2D eigenvalue weighted by Crippen LogP contribution is -2.47. The van der Waals surface area contributed by atoms with Gasteiger partial charge in [0.05, 0.1) is 19.3 Å². The van der Waals surface area contributed by atoms with E-state index in [-0.39, 0.29) is 30.1 Å². The topological polar surface area (TPSA) is 67.6 Å². The van der Waals surface area contributed by atoms with Gasteiger partial charge in [0.1, 0.15) is 11.3 Å². The van der Waals surface area contributed by atoms with Crippen LogP contribution in [-0.4, -0.2) is 52.4 Å². The summed E-state index contributed by atoms with van der Waals surface area (Å²) in [5.74, 6) is 0.849. The quantitative estimate of drug-likeness (QED) is 0.318. The van der Waals surface area contributed by atoms with Crippen LogP contribution in [0, 0.1) is 0 Å². The molecular formula is C16H22ClIN6O. The van der Waals surface area contributed by atoms with E-state index in [9.17, 15) is 0 Å². The van der Waals surface area contributed by atoms with E-state index < -0.39 is 0 Å². The standard InChI is InChI=1S/C16H21ClN6O.HI/c1-18-16(20-8-12-3-4-15(17)19-7-12)23-5-6-24-14(11-23)13-9-21-22(2)10-13;/h3-4,7,9-10,14H,5-6,8,11H2,1-2H3,(H,18,20);1H. The predicted molar refractivity (Wildman–Crippen MR) is 108 cm³/mol. The third-order valence-corrected chi connectivity index (χ3v) is 4.14. The Labute approximate surface area is 169 Å². The Kier molecular flexibility index (Phi) is 7.45. The van der Waals surface area contributed by atoms with E-state index in [1.807, 2.05) is 25.5 Å². The third-order valence-electron chi connectivity index (χ3n) is 3.91. The van der Waals surface area contributed by atoms with Gasteiger partial charge < -0.3 is 15.0 Å². The Balaban J connectivity index is 0.00000225. The lowest BCUT2D eigenvalue weighted by molar-refractivity contribution is -0.00805. The summed E-state index contributed by atoms with van der Waals surface area (Å²) < 4.78 is 7.67. The third kappa shape index (κ3) is 5.29. The molecule has 0 spiro atoms. The molecule has 0 aliphatic carbocycles. The lowest BCUT2D eigenvalue weighted by Gasteiger charge is -2.34. The number of hydrogen-bond donors (Lipinski definition) is 1. The summed E-state index contributed by atoms with van der Waals surface area (Å²) in [5.41, 5.74) is 2.14. The number of aromatic nitrogens is 3. The van der Waals surface area contributed by atoms with Crippen LogP contribution in [-0.2, 0) is 18.3 Å². The van der Waals surface area contributed by atoms with Gasteiger partial charge in [-0.05, 0) is 11.6 Å². The molecule has 0 radical (unpaired) electrons. The van der Waals surface area contributed by atoms with Crippen LogP contribution < -0.4 is 5.32 Å². The molecular weight excluding hydrogens is 455 g/mol. The van der Waals surface area contributed by atoms with E-state index in [1.54, 1.807) is 24.0 Å². The number of morpholine rings is 1. The average molecular weight is 477 g/mol. The monoisotopic (exact) mass is 476 g/mol. The first-order chi connectivity index (χ1) is 11.7. The molecule has 0 aromatic carbocycles. The number of aliphatic imine (C=N–C) groups is 1. The molecule has 1 aliphatic rings. The second kappa shape index (κ2) is 9.35. The van der Waals surface area contributed by atoms with Crippen molar-refractivity contribution in [3.8, 4) is 0 Å². The van der Waals surface area contributed by atoms with Gasteiger partial charge in [0.25, 0.3) is 0 Å². The Morgan fingerprint density at radius 2 is 2.28 bits per heavy atom. The molecule has 3 heterocycles. The van der Waals surface area contributed by atoms with Crippen molar-refractivity contribution in [2.24, 2.45) is 12.0 Å². The Morgan fingerprint density at radius 1 is 1.44 bits per heavy atom. The highest BCUT2D eigenvalue weighted by Crippen LogP contribution is 2.21. The summed E-state index contributed by atoms with van der Waals surface area (Å²) >= 11 is 5.82. The molecule has 3 rings (SSSR count). The van der Waals surface area contributed by atoms with E-state index in [0.717, 1.165) is 30.2 Å². The molecule has 1 aliphatic heterocycles. The van der Waals surface area contributed by atoms with Gasteiger partial charge in [0, 0.05) is 45.1 Å². The van der Waals surface area contributed by atoms with Crippen LogP contribution in [0.5, 0.6) is 0 Å². The maximum atomic E-state index is 5.88. The van der Waals surface area contributed by atoms with Crippen molar-refractivity contribution in [1.29, 1.82) is 0 Å². The van der Waals surface area contributed by atoms with Gasteiger partial charge in [-0.25, -0.2) is 4.98 Å². The molecule has 2 aromatic rings. The fraction of sp³-hybridized carbons (Fsp3) is 0.438. The highest BCUT2D eigenvalue weighted by molar-refractivity contribution is 14.0. The Morgan fingerprint density at radius 3 is 2.92 bits per heavy atom.